The van der Waals surface area contributed by atoms with Crippen molar-refractivity contribution in [3.63, 3.8) is 0 Å². The third-order valence-corrected chi connectivity index (χ3v) is 6.69. The molecule has 202 valence electrons. The van der Waals surface area contributed by atoms with Gasteiger partial charge in [0.25, 0.3) is 11.8 Å². The van der Waals surface area contributed by atoms with Crippen molar-refractivity contribution >= 4 is 28.8 Å². The lowest BCUT2D eigenvalue weighted by molar-refractivity contribution is -0.171. The van der Waals surface area contributed by atoms with Crippen LogP contribution < -0.4 is 5.73 Å². The maximum atomic E-state index is 12.4. The van der Waals surface area contributed by atoms with Crippen molar-refractivity contribution in [2.24, 2.45) is 0 Å². The average Bonchev–Trinajstić information content (AvgIpc) is 3.53. The van der Waals surface area contributed by atoms with E-state index in [0.717, 1.165) is 5.06 Å². The first-order valence-corrected chi connectivity index (χ1v) is 12.0. The van der Waals surface area contributed by atoms with Crippen molar-refractivity contribution in [3.8, 4) is 0 Å². The molecule has 2 amide bonds. The van der Waals surface area contributed by atoms with Crippen LogP contribution in [0.25, 0.3) is 11.2 Å². The number of imidazole rings is 1. The lowest BCUT2D eigenvalue weighted by Crippen LogP contribution is -2.48. The number of carbonyl (C=O) groups excluding carboxylic acids is 2. The molecule has 38 heavy (non-hydrogen) atoms. The van der Waals surface area contributed by atoms with Crippen LogP contribution in [0.4, 0.5) is 5.82 Å². The van der Waals surface area contributed by atoms with Crippen molar-refractivity contribution in [1.82, 2.24) is 29.5 Å². The predicted molar refractivity (Wildman–Crippen MR) is 131 cm³/mol. The minimum absolute atomic E-state index is 0.0633. The molecule has 0 saturated carbocycles. The molecule has 1 fully saturated rings. The summed E-state index contributed by atoms with van der Waals surface area (Å²) in [6.45, 7) is 4.00. The Bertz CT molecular complexity index is 1330. The highest BCUT2D eigenvalue weighted by Gasteiger charge is 2.51. The fourth-order valence-corrected chi connectivity index (χ4v) is 4.52. The van der Waals surface area contributed by atoms with E-state index in [1.165, 1.54) is 17.2 Å². The summed E-state index contributed by atoms with van der Waals surface area (Å²) in [5.41, 5.74) is 6.18. The minimum Gasteiger partial charge on any atom is -0.387 e. The number of benzene rings is 1. The second-order valence-corrected chi connectivity index (χ2v) is 9.75. The molecule has 14 nitrogen and oxygen atoms in total. The number of aromatic nitrogens is 4. The monoisotopic (exact) mass is 527 g/mol. The summed E-state index contributed by atoms with van der Waals surface area (Å²) in [4.78, 5) is 44.3. The zero-order valence-electron chi connectivity index (χ0n) is 21.1. The number of hydrogen-bond acceptors (Lipinski definition) is 12. The number of rotatable bonds is 9. The van der Waals surface area contributed by atoms with Gasteiger partial charge < -0.3 is 25.4 Å². The van der Waals surface area contributed by atoms with Crippen LogP contribution in [-0.4, -0.2) is 102 Å². The molecule has 5 rings (SSSR count). The van der Waals surface area contributed by atoms with E-state index in [2.05, 4.69) is 15.0 Å². The second kappa shape index (κ2) is 9.98. The van der Waals surface area contributed by atoms with E-state index in [9.17, 15) is 19.8 Å². The highest BCUT2D eigenvalue weighted by Crippen LogP contribution is 2.37. The number of hydroxylamine groups is 2. The van der Waals surface area contributed by atoms with Crippen LogP contribution in [-0.2, 0) is 14.3 Å². The molecule has 3 aromatic rings. The Balaban J connectivity index is 1.15. The maximum absolute atomic E-state index is 12.4. The number of anilines is 1. The predicted octanol–water partition coefficient (Wildman–Crippen LogP) is -0.0600. The van der Waals surface area contributed by atoms with Gasteiger partial charge in [-0.05, 0) is 33.0 Å². The van der Waals surface area contributed by atoms with Crippen molar-refractivity contribution in [1.29, 1.82) is 0 Å². The first-order chi connectivity index (χ1) is 18.1. The summed E-state index contributed by atoms with van der Waals surface area (Å²) in [5.74, 6) is -0.797. The van der Waals surface area contributed by atoms with Gasteiger partial charge in [-0.2, -0.15) is 0 Å². The highest BCUT2D eigenvalue weighted by molar-refractivity contribution is 6.20. The van der Waals surface area contributed by atoms with Crippen LogP contribution in [0.5, 0.6) is 0 Å². The van der Waals surface area contributed by atoms with Crippen molar-refractivity contribution < 1.29 is 34.1 Å². The number of amides is 2. The number of nitrogen functional groups attached to an aromatic ring is 1. The van der Waals surface area contributed by atoms with E-state index in [0.29, 0.717) is 28.8 Å². The Hall–Kier alpha value is -3.53. The van der Waals surface area contributed by atoms with Crippen molar-refractivity contribution in [3.05, 3.63) is 48.0 Å². The van der Waals surface area contributed by atoms with Gasteiger partial charge in [-0.1, -0.05) is 12.1 Å². The van der Waals surface area contributed by atoms with Gasteiger partial charge in [-0.25, -0.2) is 15.0 Å². The number of nitrogens with zero attached hydrogens (tertiary/aromatic N) is 6. The Morgan fingerprint density at radius 3 is 2.47 bits per heavy atom. The number of aliphatic hydroxyl groups excluding tert-OH is 2. The summed E-state index contributed by atoms with van der Waals surface area (Å²) >= 11 is 0. The second-order valence-electron chi connectivity index (χ2n) is 9.75. The summed E-state index contributed by atoms with van der Waals surface area (Å²) in [7, 11) is 1.77. The number of ether oxygens (including phenoxy) is 2. The first-order valence-electron chi connectivity index (χ1n) is 12.0. The summed E-state index contributed by atoms with van der Waals surface area (Å²) in [6.07, 6.45) is -1.68. The molecule has 4 heterocycles. The Morgan fingerprint density at radius 2 is 1.79 bits per heavy atom. The minimum atomic E-state index is -1.28. The molecule has 4 N–H and O–H groups in total. The van der Waals surface area contributed by atoms with E-state index in [1.807, 2.05) is 0 Å². The maximum Gasteiger partial charge on any atom is 0.285 e. The number of hydrogen-bond donors (Lipinski definition) is 3. The molecular weight excluding hydrogens is 498 g/mol. The topological polar surface area (TPSA) is 178 Å². The average molecular weight is 528 g/mol. The van der Waals surface area contributed by atoms with Crippen molar-refractivity contribution in [2.45, 2.75) is 44.0 Å². The molecule has 2 aliphatic rings. The van der Waals surface area contributed by atoms with Crippen LogP contribution in [0.2, 0.25) is 0 Å². The largest absolute Gasteiger partial charge is 0.387 e. The molecule has 0 unspecified atom stereocenters. The Morgan fingerprint density at radius 1 is 1.11 bits per heavy atom. The molecule has 0 aliphatic carbocycles. The zero-order chi connectivity index (χ0) is 27.2. The number of imide groups is 1. The lowest BCUT2D eigenvalue weighted by atomic mass is 9.95. The van der Waals surface area contributed by atoms with Crippen LogP contribution in [0.1, 0.15) is 40.8 Å². The number of carbonyl (C=O) groups is 2. The van der Waals surface area contributed by atoms with Gasteiger partial charge in [0, 0.05) is 6.54 Å². The quantitative estimate of drug-likeness (QED) is 0.250. The van der Waals surface area contributed by atoms with Gasteiger partial charge in [0.15, 0.2) is 17.7 Å². The molecule has 1 aromatic carbocycles. The standard InChI is InChI=1S/C24H29N7O7/c1-24(2,18-16(32)17(33)23(38-18)30-11-28-15-19(25)26-10-27-20(15)30)36-12-29(3)8-9-37-31-21(34)13-6-4-5-7-14(13)22(31)35/h4-7,10-11,16-18,23,32-33H,8-9,12H2,1-3H3,(H2,25,26,27)/t16-,17+,18-,23+/m0/s1. The van der Waals surface area contributed by atoms with Gasteiger partial charge in [-0.3, -0.25) is 23.9 Å². The van der Waals surface area contributed by atoms with Crippen LogP contribution in [0.15, 0.2) is 36.9 Å². The molecule has 0 spiro atoms. The Labute approximate surface area is 217 Å². The van der Waals surface area contributed by atoms with Gasteiger partial charge in [0.1, 0.15) is 30.2 Å². The van der Waals surface area contributed by atoms with Crippen LogP contribution in [0.3, 0.4) is 0 Å². The van der Waals surface area contributed by atoms with E-state index in [4.69, 9.17) is 20.0 Å². The molecule has 2 aromatic heterocycles. The molecule has 0 radical (unpaired) electrons. The normalized spacial score (nSPS) is 23.7. The van der Waals surface area contributed by atoms with E-state index >= 15 is 0 Å². The Kier molecular flexibility index (Phi) is 6.85. The van der Waals surface area contributed by atoms with E-state index < -0.39 is 42.0 Å². The van der Waals surface area contributed by atoms with Gasteiger partial charge in [-0.15, -0.1) is 5.06 Å². The summed E-state index contributed by atoms with van der Waals surface area (Å²) < 4.78 is 13.6. The third-order valence-electron chi connectivity index (χ3n) is 6.69. The third kappa shape index (κ3) is 4.51. The number of likely N-dealkylation sites (N-methyl/N-ethyl adjacent to an activating group) is 1. The van der Waals surface area contributed by atoms with E-state index in [-0.39, 0.29) is 19.2 Å². The van der Waals surface area contributed by atoms with Gasteiger partial charge in [0.05, 0.1) is 36.4 Å². The van der Waals surface area contributed by atoms with Gasteiger partial charge >= 0.3 is 0 Å². The molecule has 14 heteroatoms. The first kappa shape index (κ1) is 26.1. The van der Waals surface area contributed by atoms with Crippen molar-refractivity contribution in [2.75, 3.05) is 32.7 Å². The van der Waals surface area contributed by atoms with Crippen LogP contribution >= 0.6 is 0 Å². The highest BCUT2D eigenvalue weighted by atomic mass is 16.7. The van der Waals surface area contributed by atoms with Gasteiger partial charge in [0.2, 0.25) is 0 Å². The molecular formula is C24H29N7O7. The smallest absolute Gasteiger partial charge is 0.285 e. The lowest BCUT2D eigenvalue weighted by Gasteiger charge is -2.34. The summed E-state index contributed by atoms with van der Waals surface area (Å²) in [6, 6.07) is 6.55. The fraction of sp³-hybridized carbons (Fsp3) is 0.458. The van der Waals surface area contributed by atoms with E-state index in [1.54, 1.807) is 50.1 Å². The number of aliphatic hydroxyl groups is 2. The molecule has 4 atom stereocenters. The zero-order valence-corrected chi connectivity index (χ0v) is 21.1. The fourth-order valence-electron chi connectivity index (χ4n) is 4.52. The SMILES string of the molecule is CN(CCON1C(=O)c2ccccc2C1=O)COC(C)(C)[C@H]1O[C@@H](n2cnc3c(N)ncnc32)[C@H](O)[C@@H]1O. The van der Waals surface area contributed by atoms with Crippen LogP contribution in [0, 0.1) is 0 Å². The molecule has 0 bridgehead atoms. The summed E-state index contributed by atoms with van der Waals surface area (Å²) in [5, 5.41) is 22.3. The number of nitrogens with two attached hydrogens (primary N) is 1. The number of fused-ring (bicyclic) bond motifs is 2. The molecule has 1 saturated heterocycles. The molecule has 2 aliphatic heterocycles.